The zero-order chi connectivity index (χ0) is 9.26. The Morgan fingerprint density at radius 2 is 2.31 bits per heavy atom. The summed E-state index contributed by atoms with van der Waals surface area (Å²) in [6, 6.07) is 5.13. The largest absolute Gasteiger partial charge is 0.508 e. The Kier molecular flexibility index (Phi) is 2.08. The first-order valence-corrected chi connectivity index (χ1v) is 4.45. The molecule has 0 saturated carbocycles. The third kappa shape index (κ3) is 1.74. The summed E-state index contributed by atoms with van der Waals surface area (Å²) in [6.07, 6.45) is 0.517. The molecule has 0 amide bonds. The van der Waals surface area contributed by atoms with Crippen LogP contribution in [-0.4, -0.2) is 17.8 Å². The Labute approximate surface area is 76.4 Å². The lowest BCUT2D eigenvalue weighted by Gasteiger charge is -2.07. The molecule has 1 aromatic rings. The second-order valence-corrected chi connectivity index (χ2v) is 3.36. The number of hydrogen-bond acceptors (Lipinski definition) is 2. The SMILES string of the molecule is Oc1ccc2c(c1)NCC(F)CC2. The van der Waals surface area contributed by atoms with Crippen LogP contribution in [0.3, 0.4) is 0 Å². The van der Waals surface area contributed by atoms with Gasteiger partial charge in [-0.15, -0.1) is 0 Å². The van der Waals surface area contributed by atoms with Crippen molar-refractivity contribution in [2.75, 3.05) is 11.9 Å². The van der Waals surface area contributed by atoms with Crippen molar-refractivity contribution in [1.82, 2.24) is 0 Å². The lowest BCUT2D eigenvalue weighted by atomic mass is 10.1. The third-order valence-electron chi connectivity index (χ3n) is 2.33. The van der Waals surface area contributed by atoms with Gasteiger partial charge in [0.2, 0.25) is 0 Å². The maximum Gasteiger partial charge on any atom is 0.118 e. The summed E-state index contributed by atoms with van der Waals surface area (Å²) in [5.74, 6) is 0.226. The van der Waals surface area contributed by atoms with Crippen molar-refractivity contribution < 1.29 is 9.50 Å². The number of benzene rings is 1. The molecule has 0 aliphatic carbocycles. The van der Waals surface area contributed by atoms with Gasteiger partial charge in [-0.2, -0.15) is 0 Å². The molecule has 0 fully saturated rings. The van der Waals surface area contributed by atoms with Crippen LogP contribution in [-0.2, 0) is 6.42 Å². The van der Waals surface area contributed by atoms with Crippen molar-refractivity contribution in [3.63, 3.8) is 0 Å². The Balaban J connectivity index is 2.30. The number of halogens is 1. The van der Waals surface area contributed by atoms with E-state index in [1.165, 1.54) is 0 Å². The van der Waals surface area contributed by atoms with Gasteiger partial charge < -0.3 is 10.4 Å². The number of aromatic hydroxyl groups is 1. The molecule has 2 rings (SSSR count). The molecule has 0 aromatic heterocycles. The normalized spacial score (nSPS) is 21.5. The summed E-state index contributed by atoms with van der Waals surface area (Å²) in [5, 5.41) is 12.2. The highest BCUT2D eigenvalue weighted by Crippen LogP contribution is 2.26. The van der Waals surface area contributed by atoms with Gasteiger partial charge in [-0.05, 0) is 24.5 Å². The molecule has 1 heterocycles. The highest BCUT2D eigenvalue weighted by atomic mass is 19.1. The predicted octanol–water partition coefficient (Wildman–Crippen LogP) is 2.09. The molecule has 0 spiro atoms. The van der Waals surface area contributed by atoms with E-state index in [4.69, 9.17) is 0 Å². The maximum atomic E-state index is 13.0. The fraction of sp³-hybridized carbons (Fsp3) is 0.400. The fourth-order valence-corrected chi connectivity index (χ4v) is 1.58. The van der Waals surface area contributed by atoms with Crippen LogP contribution in [0.4, 0.5) is 10.1 Å². The molecular formula is C10H12FNO. The van der Waals surface area contributed by atoms with Crippen molar-refractivity contribution in [1.29, 1.82) is 0 Å². The molecule has 2 N–H and O–H groups in total. The van der Waals surface area contributed by atoms with Crippen LogP contribution in [0.25, 0.3) is 0 Å². The van der Waals surface area contributed by atoms with Gasteiger partial charge in [0.15, 0.2) is 0 Å². The Bertz CT molecular complexity index is 314. The predicted molar refractivity (Wildman–Crippen MR) is 49.8 cm³/mol. The zero-order valence-corrected chi connectivity index (χ0v) is 7.26. The van der Waals surface area contributed by atoms with Crippen molar-refractivity contribution >= 4 is 5.69 Å². The van der Waals surface area contributed by atoms with Crippen LogP contribution in [0.2, 0.25) is 0 Å². The molecule has 70 valence electrons. The minimum absolute atomic E-state index is 0.226. The third-order valence-corrected chi connectivity index (χ3v) is 2.33. The summed E-state index contributed by atoms with van der Waals surface area (Å²) in [5.41, 5.74) is 1.94. The molecule has 0 bridgehead atoms. The maximum absolute atomic E-state index is 13.0. The second kappa shape index (κ2) is 3.24. The number of phenols is 1. The van der Waals surface area contributed by atoms with Crippen LogP contribution < -0.4 is 5.32 Å². The van der Waals surface area contributed by atoms with E-state index in [9.17, 15) is 9.50 Å². The molecule has 0 radical (unpaired) electrons. The van der Waals surface area contributed by atoms with Gasteiger partial charge in [0.25, 0.3) is 0 Å². The lowest BCUT2D eigenvalue weighted by Crippen LogP contribution is -2.12. The molecule has 3 heteroatoms. The van der Waals surface area contributed by atoms with Crippen LogP contribution in [0, 0.1) is 0 Å². The molecule has 0 saturated heterocycles. The number of hydrogen-bond donors (Lipinski definition) is 2. The highest BCUT2D eigenvalue weighted by Gasteiger charge is 2.14. The Morgan fingerprint density at radius 3 is 3.15 bits per heavy atom. The van der Waals surface area contributed by atoms with Gasteiger partial charge in [-0.1, -0.05) is 6.07 Å². The number of alkyl halides is 1. The minimum atomic E-state index is -0.783. The van der Waals surface area contributed by atoms with Gasteiger partial charge in [0.1, 0.15) is 11.9 Å². The van der Waals surface area contributed by atoms with Gasteiger partial charge >= 0.3 is 0 Å². The van der Waals surface area contributed by atoms with Crippen molar-refractivity contribution in [2.24, 2.45) is 0 Å². The Hall–Kier alpha value is -1.25. The highest BCUT2D eigenvalue weighted by molar-refractivity contribution is 5.55. The van der Waals surface area contributed by atoms with E-state index in [1.807, 2.05) is 6.07 Å². The first kappa shape index (κ1) is 8.35. The van der Waals surface area contributed by atoms with Crippen molar-refractivity contribution in [3.8, 4) is 5.75 Å². The standard InChI is InChI=1S/C10H12FNO/c11-8-3-1-7-2-4-9(13)5-10(7)12-6-8/h2,4-5,8,12-13H,1,3,6H2. The number of rotatable bonds is 0. The average Bonchev–Trinajstić information content (AvgIpc) is 2.29. The van der Waals surface area contributed by atoms with Gasteiger partial charge in [-0.25, -0.2) is 4.39 Å². The molecule has 2 nitrogen and oxygen atoms in total. The number of aryl methyl sites for hydroxylation is 1. The number of anilines is 1. The minimum Gasteiger partial charge on any atom is -0.508 e. The number of fused-ring (bicyclic) bond motifs is 1. The van der Waals surface area contributed by atoms with Crippen LogP contribution >= 0.6 is 0 Å². The van der Waals surface area contributed by atoms with E-state index >= 15 is 0 Å². The first-order valence-electron chi connectivity index (χ1n) is 4.45. The van der Waals surface area contributed by atoms with Crippen molar-refractivity contribution in [2.45, 2.75) is 19.0 Å². The molecule has 1 unspecified atom stereocenters. The molecule has 1 aromatic carbocycles. The van der Waals surface area contributed by atoms with E-state index in [0.29, 0.717) is 13.0 Å². The molecule has 1 atom stereocenters. The average molecular weight is 181 g/mol. The van der Waals surface area contributed by atoms with Crippen LogP contribution in [0.1, 0.15) is 12.0 Å². The smallest absolute Gasteiger partial charge is 0.118 e. The second-order valence-electron chi connectivity index (χ2n) is 3.36. The van der Waals surface area contributed by atoms with Crippen molar-refractivity contribution in [3.05, 3.63) is 23.8 Å². The molecule has 13 heavy (non-hydrogen) atoms. The summed E-state index contributed by atoms with van der Waals surface area (Å²) >= 11 is 0. The summed E-state index contributed by atoms with van der Waals surface area (Å²) in [7, 11) is 0. The zero-order valence-electron chi connectivity index (χ0n) is 7.26. The van der Waals surface area contributed by atoms with Gasteiger partial charge in [0.05, 0.1) is 0 Å². The number of phenolic OH excluding ortho intramolecular Hbond substituents is 1. The number of nitrogens with one attached hydrogen (secondary N) is 1. The fourth-order valence-electron chi connectivity index (χ4n) is 1.58. The molecular weight excluding hydrogens is 169 g/mol. The summed E-state index contributed by atoms with van der Waals surface area (Å²) in [4.78, 5) is 0. The summed E-state index contributed by atoms with van der Waals surface area (Å²) < 4.78 is 13.0. The van der Waals surface area contributed by atoms with E-state index in [1.54, 1.807) is 12.1 Å². The quantitative estimate of drug-likeness (QED) is 0.642. The monoisotopic (exact) mass is 181 g/mol. The molecule has 1 aliphatic heterocycles. The van der Waals surface area contributed by atoms with E-state index in [-0.39, 0.29) is 5.75 Å². The topological polar surface area (TPSA) is 32.3 Å². The Morgan fingerprint density at radius 1 is 1.46 bits per heavy atom. The van der Waals surface area contributed by atoms with Crippen LogP contribution in [0.15, 0.2) is 18.2 Å². The lowest BCUT2D eigenvalue weighted by molar-refractivity contribution is 0.333. The summed E-state index contributed by atoms with van der Waals surface area (Å²) in [6.45, 7) is 0.344. The van der Waals surface area contributed by atoms with E-state index in [0.717, 1.165) is 17.7 Å². The van der Waals surface area contributed by atoms with E-state index < -0.39 is 6.17 Å². The van der Waals surface area contributed by atoms with E-state index in [2.05, 4.69) is 5.32 Å². The first-order chi connectivity index (χ1) is 6.25. The van der Waals surface area contributed by atoms with Gasteiger partial charge in [0, 0.05) is 18.3 Å². The van der Waals surface area contributed by atoms with Gasteiger partial charge in [-0.3, -0.25) is 0 Å². The molecule has 1 aliphatic rings. The van der Waals surface area contributed by atoms with Crippen LogP contribution in [0.5, 0.6) is 5.75 Å².